The Morgan fingerprint density at radius 2 is 1.81 bits per heavy atom. The second-order valence-corrected chi connectivity index (χ2v) is 9.52. The number of morpholine rings is 1. The SMILES string of the molecule is Cc1ccc(C(C)(C)CCC(=O)NCCS(=O)(=O)N2CCOCC2)cc1. The summed E-state index contributed by atoms with van der Waals surface area (Å²) in [6, 6.07) is 8.35. The highest BCUT2D eigenvalue weighted by Gasteiger charge is 2.25. The molecule has 1 aliphatic heterocycles. The summed E-state index contributed by atoms with van der Waals surface area (Å²) in [4.78, 5) is 12.1. The van der Waals surface area contributed by atoms with Crippen LogP contribution in [0.4, 0.5) is 0 Å². The number of ether oxygens (including phenoxy) is 1. The van der Waals surface area contributed by atoms with Crippen molar-refractivity contribution in [2.75, 3.05) is 38.6 Å². The molecule has 0 radical (unpaired) electrons. The van der Waals surface area contributed by atoms with Crippen molar-refractivity contribution in [2.24, 2.45) is 0 Å². The number of sulfonamides is 1. The molecular formula is C19H30N2O4S. The lowest BCUT2D eigenvalue weighted by Crippen LogP contribution is -2.43. The summed E-state index contributed by atoms with van der Waals surface area (Å²) in [5.41, 5.74) is 2.31. The molecule has 2 rings (SSSR count). The van der Waals surface area contributed by atoms with E-state index in [0.717, 1.165) is 0 Å². The van der Waals surface area contributed by atoms with Gasteiger partial charge in [0.15, 0.2) is 0 Å². The van der Waals surface area contributed by atoms with Gasteiger partial charge >= 0.3 is 0 Å². The quantitative estimate of drug-likeness (QED) is 0.744. The maximum atomic E-state index is 12.2. The van der Waals surface area contributed by atoms with Gasteiger partial charge in [0.1, 0.15) is 0 Å². The Hall–Kier alpha value is -1.44. The molecule has 1 saturated heterocycles. The number of amides is 1. The zero-order valence-electron chi connectivity index (χ0n) is 16.0. The minimum absolute atomic E-state index is 0.0694. The van der Waals surface area contributed by atoms with E-state index in [1.54, 1.807) is 0 Å². The fourth-order valence-corrected chi connectivity index (χ4v) is 4.26. The van der Waals surface area contributed by atoms with Gasteiger partial charge in [-0.05, 0) is 24.3 Å². The third-order valence-corrected chi connectivity index (χ3v) is 6.73. The predicted molar refractivity (Wildman–Crippen MR) is 103 cm³/mol. The number of rotatable bonds is 8. The van der Waals surface area contributed by atoms with Crippen molar-refractivity contribution in [3.8, 4) is 0 Å². The van der Waals surface area contributed by atoms with E-state index < -0.39 is 10.0 Å². The molecule has 1 amide bonds. The molecule has 1 aromatic carbocycles. The summed E-state index contributed by atoms with van der Waals surface area (Å²) in [5, 5.41) is 2.74. The van der Waals surface area contributed by atoms with Crippen molar-refractivity contribution >= 4 is 15.9 Å². The van der Waals surface area contributed by atoms with Crippen LogP contribution in [0.15, 0.2) is 24.3 Å². The summed E-state index contributed by atoms with van der Waals surface area (Å²) >= 11 is 0. The first-order valence-electron chi connectivity index (χ1n) is 9.10. The number of carbonyl (C=O) groups excluding carboxylic acids is 1. The second kappa shape index (κ2) is 8.97. The number of hydrogen-bond donors (Lipinski definition) is 1. The Labute approximate surface area is 157 Å². The van der Waals surface area contributed by atoms with Crippen LogP contribution in [0.3, 0.4) is 0 Å². The maximum Gasteiger partial charge on any atom is 0.220 e. The molecule has 26 heavy (non-hydrogen) atoms. The molecule has 1 aromatic rings. The van der Waals surface area contributed by atoms with Crippen molar-refractivity contribution in [1.82, 2.24) is 9.62 Å². The van der Waals surface area contributed by atoms with E-state index >= 15 is 0 Å². The van der Waals surface area contributed by atoms with E-state index in [9.17, 15) is 13.2 Å². The largest absolute Gasteiger partial charge is 0.379 e. The fourth-order valence-electron chi connectivity index (χ4n) is 2.94. The first kappa shape index (κ1) is 20.9. The van der Waals surface area contributed by atoms with E-state index in [1.807, 2.05) is 0 Å². The van der Waals surface area contributed by atoms with Crippen molar-refractivity contribution < 1.29 is 17.9 Å². The Morgan fingerprint density at radius 1 is 1.19 bits per heavy atom. The van der Waals surface area contributed by atoms with Crippen LogP contribution < -0.4 is 5.32 Å². The third-order valence-electron chi connectivity index (χ3n) is 4.86. The molecule has 0 aromatic heterocycles. The lowest BCUT2D eigenvalue weighted by molar-refractivity contribution is -0.121. The molecule has 1 fully saturated rings. The third kappa shape index (κ3) is 6.07. The van der Waals surface area contributed by atoms with Crippen LogP contribution in [0.25, 0.3) is 0 Å². The summed E-state index contributed by atoms with van der Waals surface area (Å²) in [6.07, 6.45) is 1.08. The number of nitrogens with one attached hydrogen (secondary N) is 1. The molecule has 7 heteroatoms. The van der Waals surface area contributed by atoms with Gasteiger partial charge in [0.05, 0.1) is 19.0 Å². The highest BCUT2D eigenvalue weighted by Crippen LogP contribution is 2.28. The van der Waals surface area contributed by atoms with Crippen LogP contribution in [0.1, 0.15) is 37.8 Å². The van der Waals surface area contributed by atoms with Crippen LogP contribution in [-0.2, 0) is 25.0 Å². The van der Waals surface area contributed by atoms with E-state index in [4.69, 9.17) is 4.74 Å². The van der Waals surface area contributed by atoms with E-state index in [1.165, 1.54) is 15.4 Å². The Balaban J connectivity index is 1.75. The van der Waals surface area contributed by atoms with Gasteiger partial charge in [0, 0.05) is 26.1 Å². The summed E-state index contributed by atoms with van der Waals surface area (Å²) < 4.78 is 31.0. The van der Waals surface area contributed by atoms with E-state index in [0.29, 0.717) is 39.1 Å². The normalized spacial score (nSPS) is 16.4. The average molecular weight is 383 g/mol. The van der Waals surface area contributed by atoms with Crippen LogP contribution in [0.2, 0.25) is 0 Å². The summed E-state index contributed by atoms with van der Waals surface area (Å²) in [6.45, 7) is 8.07. The van der Waals surface area contributed by atoms with E-state index in [2.05, 4.69) is 50.4 Å². The first-order chi connectivity index (χ1) is 12.2. The van der Waals surface area contributed by atoms with Gasteiger partial charge in [0.25, 0.3) is 0 Å². The first-order valence-corrected chi connectivity index (χ1v) is 10.7. The number of carbonyl (C=O) groups is 1. The number of aryl methyl sites for hydroxylation is 1. The number of hydrogen-bond acceptors (Lipinski definition) is 4. The molecule has 0 unspecified atom stereocenters. The summed E-state index contributed by atoms with van der Waals surface area (Å²) in [7, 11) is -3.33. The Morgan fingerprint density at radius 3 is 2.42 bits per heavy atom. The van der Waals surface area contributed by atoms with Crippen LogP contribution >= 0.6 is 0 Å². The molecule has 146 valence electrons. The molecule has 0 aliphatic carbocycles. The molecule has 1 heterocycles. The van der Waals surface area contributed by atoms with Crippen molar-refractivity contribution in [1.29, 1.82) is 0 Å². The highest BCUT2D eigenvalue weighted by atomic mass is 32.2. The average Bonchev–Trinajstić information content (AvgIpc) is 2.61. The fraction of sp³-hybridized carbons (Fsp3) is 0.632. The van der Waals surface area contributed by atoms with Crippen molar-refractivity contribution in [3.63, 3.8) is 0 Å². The number of nitrogens with zero attached hydrogens (tertiary/aromatic N) is 1. The Bertz CT molecular complexity index is 693. The van der Waals surface area contributed by atoms with Gasteiger partial charge in [0.2, 0.25) is 15.9 Å². The lowest BCUT2D eigenvalue weighted by Gasteiger charge is -2.26. The second-order valence-electron chi connectivity index (χ2n) is 7.43. The zero-order valence-corrected chi connectivity index (χ0v) is 16.8. The highest BCUT2D eigenvalue weighted by molar-refractivity contribution is 7.89. The molecule has 0 atom stereocenters. The lowest BCUT2D eigenvalue weighted by atomic mass is 9.80. The Kier molecular flexibility index (Phi) is 7.20. The minimum Gasteiger partial charge on any atom is -0.379 e. The van der Waals surface area contributed by atoms with E-state index in [-0.39, 0.29) is 23.6 Å². The van der Waals surface area contributed by atoms with Crippen LogP contribution in [0, 0.1) is 6.92 Å². The molecule has 6 nitrogen and oxygen atoms in total. The van der Waals surface area contributed by atoms with Gasteiger partial charge in [-0.1, -0.05) is 43.7 Å². The standard InChI is InChI=1S/C19H30N2O4S/c1-16-4-6-17(7-5-16)19(2,3)9-8-18(22)20-10-15-26(23,24)21-11-13-25-14-12-21/h4-7H,8-15H2,1-3H3,(H,20,22). The van der Waals surface area contributed by atoms with Gasteiger partial charge in [-0.2, -0.15) is 4.31 Å². The maximum absolute atomic E-state index is 12.2. The zero-order chi connectivity index (χ0) is 19.2. The topological polar surface area (TPSA) is 75.7 Å². The molecule has 1 aliphatic rings. The molecule has 0 saturated carbocycles. The van der Waals surface area contributed by atoms with Crippen LogP contribution in [0.5, 0.6) is 0 Å². The van der Waals surface area contributed by atoms with Gasteiger partial charge < -0.3 is 10.1 Å². The van der Waals surface area contributed by atoms with Crippen LogP contribution in [-0.4, -0.2) is 57.2 Å². The van der Waals surface area contributed by atoms with Crippen molar-refractivity contribution in [3.05, 3.63) is 35.4 Å². The predicted octanol–water partition coefficient (Wildman–Crippen LogP) is 1.83. The minimum atomic E-state index is -3.33. The van der Waals surface area contributed by atoms with Gasteiger partial charge in [-0.15, -0.1) is 0 Å². The molecule has 0 spiro atoms. The monoisotopic (exact) mass is 382 g/mol. The smallest absolute Gasteiger partial charge is 0.220 e. The molecule has 1 N–H and O–H groups in total. The van der Waals surface area contributed by atoms with Gasteiger partial charge in [-0.25, -0.2) is 8.42 Å². The molecule has 0 bridgehead atoms. The van der Waals surface area contributed by atoms with Gasteiger partial charge in [-0.3, -0.25) is 4.79 Å². The summed E-state index contributed by atoms with van der Waals surface area (Å²) in [5.74, 6) is -0.178. The number of benzene rings is 1. The van der Waals surface area contributed by atoms with Crippen molar-refractivity contribution in [2.45, 2.75) is 39.0 Å². The molecular weight excluding hydrogens is 352 g/mol.